The second-order valence-electron chi connectivity index (χ2n) is 12.3. The first-order valence-electron chi connectivity index (χ1n) is 13.4. The fourth-order valence-corrected chi connectivity index (χ4v) is 4.64. The molecule has 0 unspecified atom stereocenters. The van der Waals surface area contributed by atoms with E-state index in [1.165, 1.54) is 17.2 Å². The van der Waals surface area contributed by atoms with Gasteiger partial charge >= 0.3 is 34.4 Å². The van der Waals surface area contributed by atoms with Gasteiger partial charge < -0.3 is 0 Å². The maximum atomic E-state index is 13.6. The van der Waals surface area contributed by atoms with Crippen molar-refractivity contribution in [2.24, 2.45) is 0 Å². The zero-order valence-electron chi connectivity index (χ0n) is 24.3. The van der Waals surface area contributed by atoms with Gasteiger partial charge in [0.25, 0.3) is 0 Å². The Bertz CT molecular complexity index is 1680. The van der Waals surface area contributed by atoms with Crippen LogP contribution in [0, 0.1) is 6.07 Å². The molecule has 2 heterocycles. The first kappa shape index (κ1) is 31.9. The molecule has 0 atom stereocenters. The Kier molecular flexibility index (Phi) is 9.35. The maximum absolute atomic E-state index is 13.6. The van der Waals surface area contributed by atoms with Gasteiger partial charge in [-0.2, -0.15) is 13.2 Å². The normalized spacial score (nSPS) is 12.2. The average Bonchev–Trinajstić information content (AvgIpc) is 2.96. The van der Waals surface area contributed by atoms with Crippen LogP contribution in [0.3, 0.4) is 0 Å². The third-order valence-electron chi connectivity index (χ3n) is 7.12. The summed E-state index contributed by atoms with van der Waals surface area (Å²) in [7, 11) is 4.61. The quantitative estimate of drug-likeness (QED) is 0.171. The van der Waals surface area contributed by atoms with Crippen molar-refractivity contribution in [2.75, 3.05) is 0 Å². The Labute approximate surface area is 261 Å². The summed E-state index contributed by atoms with van der Waals surface area (Å²) in [4.78, 5) is 9.48. The summed E-state index contributed by atoms with van der Waals surface area (Å²) in [5, 5.41) is 2.01. The molecular formula is C35H32ClF3N2Pt. The van der Waals surface area contributed by atoms with E-state index < -0.39 is 11.7 Å². The topological polar surface area (TPSA) is 25.8 Å². The van der Waals surface area contributed by atoms with E-state index in [2.05, 4.69) is 80.2 Å². The van der Waals surface area contributed by atoms with Gasteiger partial charge in [0.05, 0.1) is 11.4 Å². The van der Waals surface area contributed by atoms with Gasteiger partial charge in [-0.1, -0.05) is 90.1 Å². The van der Waals surface area contributed by atoms with E-state index in [0.717, 1.165) is 34.0 Å². The summed E-state index contributed by atoms with van der Waals surface area (Å²) < 4.78 is 40.8. The Morgan fingerprint density at radius 1 is 0.643 bits per heavy atom. The summed E-state index contributed by atoms with van der Waals surface area (Å²) in [6.45, 7) is 13.1. The van der Waals surface area contributed by atoms with E-state index in [-0.39, 0.29) is 16.4 Å². The minimum atomic E-state index is -4.47. The number of aromatic nitrogens is 2. The summed E-state index contributed by atoms with van der Waals surface area (Å²) in [6.07, 6.45) is -2.67. The summed E-state index contributed by atoms with van der Waals surface area (Å²) in [5.74, 6) is 0. The summed E-state index contributed by atoms with van der Waals surface area (Å²) in [6, 6.07) is 26.7. The van der Waals surface area contributed by atoms with Crippen molar-refractivity contribution < 1.29 is 31.9 Å². The van der Waals surface area contributed by atoms with Crippen molar-refractivity contribution in [3.8, 4) is 33.8 Å². The predicted octanol–water partition coefficient (Wildman–Crippen LogP) is 10.7. The second-order valence-corrected chi connectivity index (χ2v) is 12.3. The molecule has 3 aromatic carbocycles. The van der Waals surface area contributed by atoms with E-state index in [4.69, 9.17) is 4.98 Å². The van der Waals surface area contributed by atoms with Crippen LogP contribution in [0.4, 0.5) is 13.2 Å². The van der Waals surface area contributed by atoms with Crippen LogP contribution in [0.15, 0.2) is 85.1 Å². The number of benzene rings is 3. The van der Waals surface area contributed by atoms with Crippen molar-refractivity contribution in [3.63, 3.8) is 0 Å². The van der Waals surface area contributed by atoms with Crippen LogP contribution in [0.2, 0.25) is 0 Å². The van der Waals surface area contributed by atoms with Crippen LogP contribution in [-0.4, -0.2) is 9.97 Å². The van der Waals surface area contributed by atoms with Crippen molar-refractivity contribution in [3.05, 3.63) is 108 Å². The average molecular weight is 768 g/mol. The van der Waals surface area contributed by atoms with E-state index in [1.807, 2.05) is 42.5 Å². The molecule has 0 spiro atoms. The van der Waals surface area contributed by atoms with Gasteiger partial charge in [0.2, 0.25) is 0 Å². The van der Waals surface area contributed by atoms with Gasteiger partial charge in [0, 0.05) is 11.6 Å². The zero-order valence-corrected chi connectivity index (χ0v) is 27.3. The van der Waals surface area contributed by atoms with Gasteiger partial charge in [-0.25, -0.2) is 0 Å². The molecule has 0 aliphatic rings. The van der Waals surface area contributed by atoms with Gasteiger partial charge in [0.15, 0.2) is 0 Å². The fraction of sp³-hybridized carbons (Fsp3) is 0.257. The number of hydrogen-bond acceptors (Lipinski definition) is 2. The van der Waals surface area contributed by atoms with Crippen LogP contribution in [0.5, 0.6) is 0 Å². The number of alkyl halides is 3. The van der Waals surface area contributed by atoms with Gasteiger partial charge in [-0.05, 0) is 61.9 Å². The van der Waals surface area contributed by atoms with Gasteiger partial charge in [0.1, 0.15) is 0 Å². The Morgan fingerprint density at radius 3 is 1.81 bits per heavy atom. The molecule has 42 heavy (non-hydrogen) atoms. The molecule has 5 rings (SSSR count). The second kappa shape index (κ2) is 12.3. The summed E-state index contributed by atoms with van der Waals surface area (Å²) in [5.41, 5.74) is 5.21. The molecule has 2 nitrogen and oxygen atoms in total. The molecule has 0 saturated heterocycles. The van der Waals surface area contributed by atoms with E-state index in [9.17, 15) is 13.2 Å². The first-order valence-corrected chi connectivity index (χ1v) is 16.2. The molecule has 0 fully saturated rings. The van der Waals surface area contributed by atoms with Crippen LogP contribution in [-0.2, 0) is 35.8 Å². The van der Waals surface area contributed by atoms with Crippen molar-refractivity contribution in [1.82, 2.24) is 9.97 Å². The van der Waals surface area contributed by atoms with E-state index in [1.54, 1.807) is 25.0 Å². The van der Waals surface area contributed by atoms with Crippen LogP contribution < -0.4 is 0 Å². The molecule has 7 heteroatoms. The number of rotatable bonds is 3. The van der Waals surface area contributed by atoms with Crippen LogP contribution in [0.25, 0.3) is 44.5 Å². The van der Waals surface area contributed by atoms with E-state index >= 15 is 0 Å². The molecule has 0 N–H and O–H groups in total. The molecule has 0 aliphatic carbocycles. The molecule has 5 aromatic rings. The Morgan fingerprint density at radius 2 is 1.21 bits per heavy atom. The van der Waals surface area contributed by atoms with Crippen LogP contribution in [0.1, 0.15) is 58.2 Å². The Balaban J connectivity index is 0.00000198. The predicted molar refractivity (Wildman–Crippen MR) is 163 cm³/mol. The molecule has 0 amide bonds. The first-order chi connectivity index (χ1) is 19.7. The third-order valence-corrected chi connectivity index (χ3v) is 7.12. The fourth-order valence-electron chi connectivity index (χ4n) is 4.64. The number of halogens is 4. The van der Waals surface area contributed by atoms with Gasteiger partial charge in [-0.3, -0.25) is 9.97 Å². The number of nitrogens with zero attached hydrogens (tertiary/aromatic N) is 2. The number of hydrogen-bond donors (Lipinski definition) is 0. The minimum absolute atomic E-state index is 0.0938. The number of fused-ring (bicyclic) bond motifs is 1. The zero-order chi connectivity index (χ0) is 30.9. The molecule has 0 aliphatic heterocycles. The van der Waals surface area contributed by atoms with E-state index in [0.29, 0.717) is 17.1 Å². The monoisotopic (exact) mass is 767 g/mol. The van der Waals surface area contributed by atoms with Crippen molar-refractivity contribution in [2.45, 2.75) is 58.5 Å². The molecule has 0 saturated carbocycles. The molecule has 0 radical (unpaired) electrons. The van der Waals surface area contributed by atoms with Crippen molar-refractivity contribution >= 4 is 20.2 Å². The molecular weight excluding hydrogens is 736 g/mol. The molecule has 2 aromatic heterocycles. The van der Waals surface area contributed by atoms with Crippen molar-refractivity contribution in [1.29, 1.82) is 0 Å². The summed E-state index contributed by atoms with van der Waals surface area (Å²) >= 11 is 1.61. The number of pyridine rings is 2. The molecule has 220 valence electrons. The Hall–Kier alpha value is -3.01. The van der Waals surface area contributed by atoms with Gasteiger partial charge in [-0.15, -0.1) is 29.8 Å². The molecule has 0 bridgehead atoms. The standard InChI is InChI=1S/C35H32F3N2.ClH.Pt/c1-33(2,3)28-15-25(16-29(20-28)34(4,5)6)26-18-30(23-12-9-13-27(14-23)35(36,37)38)40-32(19-26)31-17-22-10-7-8-11-24(22)21-39-31;;/h7-11,13-21H,1-6H3;1H;/q-1;;+2/p-1. The van der Waals surface area contributed by atoms with Crippen LogP contribution >= 0.6 is 9.42 Å². The third kappa shape index (κ3) is 7.30. The SMILES string of the molecule is CC(C)(C)c1cc(-c2cc(-c3[c-]ccc(C(F)(F)F)c3)nc(-c3cc4ccccc4cn3)c2)cc(C(C)(C)C)c1.[Cl][Pt+].